The van der Waals surface area contributed by atoms with Crippen molar-refractivity contribution in [3.8, 4) is 17.2 Å². The molecule has 0 aliphatic heterocycles. The summed E-state index contributed by atoms with van der Waals surface area (Å²) >= 11 is 0. The molecule has 0 unspecified atom stereocenters. The molecule has 3 aromatic carbocycles. The molecule has 0 radical (unpaired) electrons. The van der Waals surface area contributed by atoms with Crippen molar-refractivity contribution in [1.82, 2.24) is 0 Å². The number of benzene rings is 3. The van der Waals surface area contributed by atoms with Crippen LogP contribution in [0.1, 0.15) is 16.7 Å². The number of aliphatic hydroxyl groups is 1. The molecule has 0 amide bonds. The van der Waals surface area contributed by atoms with Gasteiger partial charge in [0.25, 0.3) is 0 Å². The molecule has 0 bridgehead atoms. The van der Waals surface area contributed by atoms with Gasteiger partial charge in [0.2, 0.25) is 0 Å². The molecule has 4 heteroatoms. The third-order valence-electron chi connectivity index (χ3n) is 4.54. The van der Waals surface area contributed by atoms with E-state index in [0.29, 0.717) is 24.5 Å². The SMILES string of the molecule is C=CCc1c(CO)cc2c(OC)cc(OC)cc2c1OCc1ccccc1. The van der Waals surface area contributed by atoms with Crippen LogP contribution < -0.4 is 14.2 Å². The minimum atomic E-state index is -0.0873. The van der Waals surface area contributed by atoms with Crippen LogP contribution in [0.3, 0.4) is 0 Å². The summed E-state index contributed by atoms with van der Waals surface area (Å²) in [6.07, 6.45) is 2.41. The van der Waals surface area contributed by atoms with Gasteiger partial charge in [0.15, 0.2) is 0 Å². The Morgan fingerprint density at radius 1 is 1.00 bits per heavy atom. The first-order valence-electron chi connectivity index (χ1n) is 8.80. The van der Waals surface area contributed by atoms with Gasteiger partial charge in [-0.25, -0.2) is 0 Å². The molecule has 0 atom stereocenters. The second-order valence-electron chi connectivity index (χ2n) is 6.19. The topological polar surface area (TPSA) is 47.9 Å². The first-order chi connectivity index (χ1) is 13.2. The van der Waals surface area contributed by atoms with Crippen LogP contribution in [0.15, 0.2) is 61.2 Å². The largest absolute Gasteiger partial charge is 0.497 e. The van der Waals surface area contributed by atoms with Crippen LogP contribution in [0.25, 0.3) is 10.8 Å². The Bertz CT molecular complexity index is 932. The van der Waals surface area contributed by atoms with Crippen LogP contribution in [0, 0.1) is 0 Å². The van der Waals surface area contributed by atoms with E-state index in [2.05, 4.69) is 6.58 Å². The zero-order valence-corrected chi connectivity index (χ0v) is 15.7. The highest BCUT2D eigenvalue weighted by Crippen LogP contribution is 2.41. The maximum atomic E-state index is 9.92. The highest BCUT2D eigenvalue weighted by atomic mass is 16.5. The van der Waals surface area contributed by atoms with Gasteiger partial charge in [0, 0.05) is 22.4 Å². The van der Waals surface area contributed by atoms with Crippen molar-refractivity contribution >= 4 is 10.8 Å². The van der Waals surface area contributed by atoms with Gasteiger partial charge >= 0.3 is 0 Å². The predicted molar refractivity (Wildman–Crippen MR) is 108 cm³/mol. The number of hydrogen-bond acceptors (Lipinski definition) is 4. The maximum absolute atomic E-state index is 9.92. The van der Waals surface area contributed by atoms with Gasteiger partial charge in [-0.15, -0.1) is 6.58 Å². The molecule has 4 nitrogen and oxygen atoms in total. The van der Waals surface area contributed by atoms with Gasteiger partial charge < -0.3 is 19.3 Å². The Balaban J connectivity index is 2.21. The van der Waals surface area contributed by atoms with E-state index in [1.807, 2.05) is 54.6 Å². The average molecular weight is 364 g/mol. The Labute approximate surface area is 159 Å². The van der Waals surface area contributed by atoms with Crippen LogP contribution >= 0.6 is 0 Å². The minimum absolute atomic E-state index is 0.0873. The molecule has 0 saturated carbocycles. The number of allylic oxidation sites excluding steroid dienone is 1. The first kappa shape index (κ1) is 18.8. The first-order valence-corrected chi connectivity index (χ1v) is 8.80. The summed E-state index contributed by atoms with van der Waals surface area (Å²) in [7, 11) is 3.24. The van der Waals surface area contributed by atoms with Gasteiger partial charge in [-0.05, 0) is 29.7 Å². The normalized spacial score (nSPS) is 10.6. The summed E-state index contributed by atoms with van der Waals surface area (Å²) in [6, 6.07) is 15.7. The molecule has 0 saturated heterocycles. The number of methoxy groups -OCH3 is 2. The van der Waals surface area contributed by atoms with Gasteiger partial charge in [-0.3, -0.25) is 0 Å². The van der Waals surface area contributed by atoms with Gasteiger partial charge in [-0.2, -0.15) is 0 Å². The van der Waals surface area contributed by atoms with Gasteiger partial charge in [-0.1, -0.05) is 36.4 Å². The summed E-state index contributed by atoms with van der Waals surface area (Å²) in [6.45, 7) is 4.19. The molecule has 140 valence electrons. The number of ether oxygens (including phenoxy) is 3. The van der Waals surface area contributed by atoms with Crippen molar-refractivity contribution in [2.75, 3.05) is 14.2 Å². The third kappa shape index (κ3) is 3.91. The minimum Gasteiger partial charge on any atom is -0.497 e. The quantitative estimate of drug-likeness (QED) is 0.591. The van der Waals surface area contributed by atoms with Crippen molar-refractivity contribution in [3.05, 3.63) is 77.9 Å². The van der Waals surface area contributed by atoms with Crippen molar-refractivity contribution < 1.29 is 19.3 Å². The summed E-state index contributed by atoms with van der Waals surface area (Å²) in [4.78, 5) is 0. The number of hydrogen-bond donors (Lipinski definition) is 1. The van der Waals surface area contributed by atoms with Gasteiger partial charge in [0.1, 0.15) is 23.9 Å². The fraction of sp³-hybridized carbons (Fsp3) is 0.217. The van der Waals surface area contributed by atoms with Crippen LogP contribution in [0.2, 0.25) is 0 Å². The third-order valence-corrected chi connectivity index (χ3v) is 4.54. The molecule has 0 fully saturated rings. The fourth-order valence-electron chi connectivity index (χ4n) is 3.20. The second-order valence-corrected chi connectivity index (χ2v) is 6.19. The molecule has 0 spiro atoms. The standard InChI is InChI=1S/C23H24O4/c1-4-8-19-17(14-24)11-20-21(12-18(25-2)13-22(20)26-3)23(19)27-15-16-9-6-5-7-10-16/h4-7,9-13,24H,1,8,14-15H2,2-3H3. The Hall–Kier alpha value is -2.98. The zero-order chi connectivity index (χ0) is 19.2. The van der Waals surface area contributed by atoms with Crippen LogP contribution in [-0.4, -0.2) is 19.3 Å². The summed E-state index contributed by atoms with van der Waals surface area (Å²) in [5, 5.41) is 11.7. The van der Waals surface area contributed by atoms with Crippen molar-refractivity contribution in [3.63, 3.8) is 0 Å². The lowest BCUT2D eigenvalue weighted by atomic mass is 9.96. The fourth-order valence-corrected chi connectivity index (χ4v) is 3.20. The monoisotopic (exact) mass is 364 g/mol. The van der Waals surface area contributed by atoms with Crippen molar-refractivity contribution in [2.24, 2.45) is 0 Å². The summed E-state index contributed by atoms with van der Waals surface area (Å²) in [5.74, 6) is 2.08. The molecule has 3 rings (SSSR count). The molecule has 0 heterocycles. The number of rotatable bonds is 8. The lowest BCUT2D eigenvalue weighted by molar-refractivity contribution is 0.276. The highest BCUT2D eigenvalue weighted by molar-refractivity contribution is 5.96. The van der Waals surface area contributed by atoms with E-state index in [1.165, 1.54) is 0 Å². The molecular formula is C23H24O4. The molecule has 0 aliphatic carbocycles. The lowest BCUT2D eigenvalue weighted by Crippen LogP contribution is -2.04. The lowest BCUT2D eigenvalue weighted by Gasteiger charge is -2.19. The molecular weight excluding hydrogens is 340 g/mol. The highest BCUT2D eigenvalue weighted by Gasteiger charge is 2.18. The van der Waals surface area contributed by atoms with E-state index < -0.39 is 0 Å². The predicted octanol–water partition coefficient (Wildman–Crippen LogP) is 4.66. The number of fused-ring (bicyclic) bond motifs is 1. The van der Waals surface area contributed by atoms with E-state index in [9.17, 15) is 5.11 Å². The van der Waals surface area contributed by atoms with Crippen molar-refractivity contribution in [1.29, 1.82) is 0 Å². The molecule has 0 aromatic heterocycles. The zero-order valence-electron chi connectivity index (χ0n) is 15.7. The van der Waals surface area contributed by atoms with Crippen LogP contribution in [0.5, 0.6) is 17.2 Å². The summed E-state index contributed by atoms with van der Waals surface area (Å²) in [5.41, 5.74) is 2.79. The van der Waals surface area contributed by atoms with Crippen LogP contribution in [-0.2, 0) is 19.6 Å². The maximum Gasteiger partial charge on any atom is 0.131 e. The van der Waals surface area contributed by atoms with E-state index in [0.717, 1.165) is 33.2 Å². The smallest absolute Gasteiger partial charge is 0.131 e. The average Bonchev–Trinajstić information content (AvgIpc) is 2.72. The Morgan fingerprint density at radius 3 is 2.41 bits per heavy atom. The van der Waals surface area contributed by atoms with E-state index in [1.54, 1.807) is 14.2 Å². The molecule has 0 aliphatic rings. The van der Waals surface area contributed by atoms with E-state index in [-0.39, 0.29) is 6.61 Å². The van der Waals surface area contributed by atoms with Gasteiger partial charge in [0.05, 0.1) is 20.8 Å². The van der Waals surface area contributed by atoms with Crippen molar-refractivity contribution in [2.45, 2.75) is 19.6 Å². The molecule has 27 heavy (non-hydrogen) atoms. The van der Waals surface area contributed by atoms with E-state index in [4.69, 9.17) is 14.2 Å². The number of aliphatic hydroxyl groups excluding tert-OH is 1. The molecule has 1 N–H and O–H groups in total. The second kappa shape index (κ2) is 8.60. The Kier molecular flexibility index (Phi) is 5.99. The Morgan fingerprint density at radius 2 is 1.78 bits per heavy atom. The molecule has 3 aromatic rings. The summed E-state index contributed by atoms with van der Waals surface area (Å²) < 4.78 is 17.2. The van der Waals surface area contributed by atoms with E-state index >= 15 is 0 Å². The van der Waals surface area contributed by atoms with Crippen LogP contribution in [0.4, 0.5) is 0 Å².